The van der Waals surface area contributed by atoms with Gasteiger partial charge in [0.1, 0.15) is 0 Å². The number of benzene rings is 2. The van der Waals surface area contributed by atoms with Gasteiger partial charge in [-0.25, -0.2) is 0 Å². The number of carbonyl (C=O) groups excluding carboxylic acids is 1. The molecule has 1 unspecified atom stereocenters. The van der Waals surface area contributed by atoms with Gasteiger partial charge >= 0.3 is 0 Å². The Labute approximate surface area is 127 Å². The molecule has 4 heteroatoms. The smallest absolute Gasteiger partial charge is 0.253 e. The van der Waals surface area contributed by atoms with E-state index in [0.717, 1.165) is 16.5 Å². The van der Waals surface area contributed by atoms with E-state index in [1.807, 2.05) is 61.7 Å². The summed E-state index contributed by atoms with van der Waals surface area (Å²) in [7, 11) is 0. The van der Waals surface area contributed by atoms with Crippen LogP contribution in [0, 0.1) is 0 Å². The van der Waals surface area contributed by atoms with Gasteiger partial charge in [0, 0.05) is 16.6 Å². The second kappa shape index (κ2) is 5.62. The zero-order valence-corrected chi connectivity index (χ0v) is 12.3. The number of carbonyl (C=O) groups is 1. The maximum absolute atomic E-state index is 12.5. The first-order chi connectivity index (χ1) is 10.1. The van der Waals surface area contributed by atoms with Crippen molar-refractivity contribution in [1.29, 1.82) is 0 Å². The number of hydrogen-bond acceptors (Lipinski definition) is 1. The summed E-state index contributed by atoms with van der Waals surface area (Å²) in [6, 6.07) is 15.0. The van der Waals surface area contributed by atoms with E-state index < -0.39 is 0 Å². The predicted octanol–water partition coefficient (Wildman–Crippen LogP) is 4.31. The van der Waals surface area contributed by atoms with Gasteiger partial charge in [0.15, 0.2) is 0 Å². The van der Waals surface area contributed by atoms with Crippen LogP contribution in [0.1, 0.15) is 28.9 Å². The van der Waals surface area contributed by atoms with Crippen molar-refractivity contribution in [1.82, 2.24) is 10.3 Å². The number of rotatable bonds is 3. The first-order valence-corrected chi connectivity index (χ1v) is 7.15. The Morgan fingerprint density at radius 2 is 1.90 bits per heavy atom. The number of amides is 1. The molecule has 1 atom stereocenters. The van der Waals surface area contributed by atoms with Crippen molar-refractivity contribution in [2.24, 2.45) is 0 Å². The Hall–Kier alpha value is -2.26. The third-order valence-corrected chi connectivity index (χ3v) is 3.80. The fourth-order valence-corrected chi connectivity index (χ4v) is 2.51. The van der Waals surface area contributed by atoms with Gasteiger partial charge in [-0.05, 0) is 36.8 Å². The summed E-state index contributed by atoms with van der Waals surface area (Å²) in [6.07, 6.45) is 1.84. The molecule has 0 radical (unpaired) electrons. The lowest BCUT2D eigenvalue weighted by Crippen LogP contribution is -2.26. The van der Waals surface area contributed by atoms with Gasteiger partial charge in [-0.1, -0.05) is 35.9 Å². The van der Waals surface area contributed by atoms with E-state index >= 15 is 0 Å². The third-order valence-electron chi connectivity index (χ3n) is 3.55. The van der Waals surface area contributed by atoms with E-state index in [-0.39, 0.29) is 11.9 Å². The number of aromatic amines is 1. The fourth-order valence-electron chi connectivity index (χ4n) is 2.38. The lowest BCUT2D eigenvalue weighted by atomic mass is 10.1. The Balaban J connectivity index is 1.83. The van der Waals surface area contributed by atoms with E-state index in [1.165, 1.54) is 0 Å². The Kier molecular flexibility index (Phi) is 3.67. The van der Waals surface area contributed by atoms with Gasteiger partial charge in [0.05, 0.1) is 17.1 Å². The number of para-hydroxylation sites is 1. The first kappa shape index (κ1) is 13.7. The van der Waals surface area contributed by atoms with Gasteiger partial charge in [-0.3, -0.25) is 4.79 Å². The number of aromatic nitrogens is 1. The minimum Gasteiger partial charge on any atom is -0.361 e. The summed E-state index contributed by atoms with van der Waals surface area (Å²) in [5.41, 5.74) is 2.53. The van der Waals surface area contributed by atoms with Crippen LogP contribution >= 0.6 is 11.6 Å². The van der Waals surface area contributed by atoms with Gasteiger partial charge in [-0.2, -0.15) is 0 Å². The van der Waals surface area contributed by atoms with E-state index in [0.29, 0.717) is 10.6 Å². The second-order valence-corrected chi connectivity index (χ2v) is 5.43. The van der Waals surface area contributed by atoms with Gasteiger partial charge in [0.2, 0.25) is 0 Å². The highest BCUT2D eigenvalue weighted by atomic mass is 35.5. The monoisotopic (exact) mass is 298 g/mol. The molecule has 0 saturated carbocycles. The third kappa shape index (κ3) is 2.78. The Morgan fingerprint density at radius 3 is 2.67 bits per heavy atom. The number of fused-ring (bicyclic) bond motifs is 1. The van der Waals surface area contributed by atoms with E-state index in [9.17, 15) is 4.79 Å². The molecule has 0 aliphatic carbocycles. The highest BCUT2D eigenvalue weighted by molar-refractivity contribution is 6.30. The zero-order chi connectivity index (χ0) is 14.8. The molecule has 21 heavy (non-hydrogen) atoms. The maximum atomic E-state index is 12.5. The van der Waals surface area contributed by atoms with Crippen LogP contribution < -0.4 is 5.32 Å². The molecule has 3 rings (SSSR count). The summed E-state index contributed by atoms with van der Waals surface area (Å²) >= 11 is 5.88. The normalized spacial score (nSPS) is 12.3. The average Bonchev–Trinajstić information content (AvgIpc) is 2.96. The van der Waals surface area contributed by atoms with Crippen LogP contribution in [-0.4, -0.2) is 10.9 Å². The molecular weight excluding hydrogens is 284 g/mol. The van der Waals surface area contributed by atoms with Crippen molar-refractivity contribution in [3.8, 4) is 0 Å². The first-order valence-electron chi connectivity index (χ1n) is 6.77. The largest absolute Gasteiger partial charge is 0.361 e. The quantitative estimate of drug-likeness (QED) is 0.743. The van der Waals surface area contributed by atoms with Crippen molar-refractivity contribution in [2.45, 2.75) is 13.0 Å². The van der Waals surface area contributed by atoms with E-state index in [4.69, 9.17) is 11.6 Å². The molecule has 3 aromatic rings. The van der Waals surface area contributed by atoms with Crippen molar-refractivity contribution in [3.05, 3.63) is 70.9 Å². The molecule has 1 amide bonds. The summed E-state index contributed by atoms with van der Waals surface area (Å²) in [5.74, 6) is -0.0921. The van der Waals surface area contributed by atoms with Crippen LogP contribution in [0.4, 0.5) is 0 Å². The second-order valence-electron chi connectivity index (χ2n) is 4.99. The topological polar surface area (TPSA) is 44.9 Å². The lowest BCUT2D eigenvalue weighted by molar-refractivity contribution is 0.0941. The molecule has 0 saturated heterocycles. The number of H-pyrrole nitrogens is 1. The minimum atomic E-state index is -0.0921. The lowest BCUT2D eigenvalue weighted by Gasteiger charge is -2.15. The number of hydrogen-bond donors (Lipinski definition) is 2. The minimum absolute atomic E-state index is 0.0833. The average molecular weight is 299 g/mol. The molecule has 0 fully saturated rings. The summed E-state index contributed by atoms with van der Waals surface area (Å²) in [6.45, 7) is 1.95. The molecule has 1 aromatic heterocycles. The molecule has 3 nitrogen and oxygen atoms in total. The van der Waals surface area contributed by atoms with Crippen molar-refractivity contribution >= 4 is 28.4 Å². The van der Waals surface area contributed by atoms with E-state index in [1.54, 1.807) is 0 Å². The van der Waals surface area contributed by atoms with Gasteiger partial charge < -0.3 is 10.3 Å². The van der Waals surface area contributed by atoms with Gasteiger partial charge in [0.25, 0.3) is 5.91 Å². The summed E-state index contributed by atoms with van der Waals surface area (Å²) < 4.78 is 0. The molecule has 1 heterocycles. The van der Waals surface area contributed by atoms with Crippen LogP contribution in [0.3, 0.4) is 0 Å². The molecule has 106 valence electrons. The summed E-state index contributed by atoms with van der Waals surface area (Å²) in [4.78, 5) is 15.6. The molecule has 0 aliphatic rings. The van der Waals surface area contributed by atoms with Crippen LogP contribution in [0.5, 0.6) is 0 Å². The van der Waals surface area contributed by atoms with Crippen LogP contribution in [0.2, 0.25) is 5.02 Å². The zero-order valence-electron chi connectivity index (χ0n) is 11.6. The van der Waals surface area contributed by atoms with Crippen LogP contribution in [0.25, 0.3) is 10.9 Å². The molecule has 0 aliphatic heterocycles. The SMILES string of the molecule is CC(NC(=O)c1cccc2cc[nH]c12)c1ccc(Cl)cc1. The Morgan fingerprint density at radius 1 is 1.14 bits per heavy atom. The number of nitrogens with one attached hydrogen (secondary N) is 2. The Bertz CT molecular complexity index is 777. The van der Waals surface area contributed by atoms with E-state index in [2.05, 4.69) is 10.3 Å². The fraction of sp³-hybridized carbons (Fsp3) is 0.118. The van der Waals surface area contributed by atoms with Crippen LogP contribution in [0.15, 0.2) is 54.7 Å². The standard InChI is InChI=1S/C17H15ClN2O/c1-11(12-5-7-14(18)8-6-12)20-17(21)15-4-2-3-13-9-10-19-16(13)15/h2-11,19H,1H3,(H,20,21). The van der Waals surface area contributed by atoms with Crippen molar-refractivity contribution in [3.63, 3.8) is 0 Å². The molecular formula is C17H15ClN2O. The van der Waals surface area contributed by atoms with Crippen molar-refractivity contribution in [2.75, 3.05) is 0 Å². The predicted molar refractivity (Wildman–Crippen MR) is 85.6 cm³/mol. The highest BCUT2D eigenvalue weighted by Crippen LogP contribution is 2.19. The molecule has 0 bridgehead atoms. The van der Waals surface area contributed by atoms with Crippen molar-refractivity contribution < 1.29 is 4.79 Å². The molecule has 0 spiro atoms. The molecule has 2 N–H and O–H groups in total. The maximum Gasteiger partial charge on any atom is 0.253 e. The molecule has 2 aromatic carbocycles. The van der Waals surface area contributed by atoms with Gasteiger partial charge in [-0.15, -0.1) is 0 Å². The van der Waals surface area contributed by atoms with Crippen LogP contribution in [-0.2, 0) is 0 Å². The highest BCUT2D eigenvalue weighted by Gasteiger charge is 2.14. The summed E-state index contributed by atoms with van der Waals surface area (Å²) in [5, 5.41) is 4.73. The number of halogens is 1.